The smallest absolute Gasteiger partial charge is 0.316 e. The summed E-state index contributed by atoms with van der Waals surface area (Å²) >= 11 is 0. The van der Waals surface area contributed by atoms with E-state index in [0.29, 0.717) is 17.4 Å². The molecule has 3 aliphatic rings. The molecule has 2 aromatic rings. The summed E-state index contributed by atoms with van der Waals surface area (Å²) in [6.45, 7) is 6.35. The van der Waals surface area contributed by atoms with Gasteiger partial charge in [0.15, 0.2) is 0 Å². The standard InChI is InChI=1S/C28H30N2O5/c1-16-4-9-23-24(13-16)27(33)30(26(23)32)20-5-7-22(8-6-20)35-28(34)19-14-25(31)29(15-19)21-11-17(2)10-18(3)12-21/h5-8,10-12,16,19,23-24H,4,9,13-15H2,1-3H3/t16-,19-,23-,24-/m0/s1. The third kappa shape index (κ3) is 4.35. The molecule has 2 heterocycles. The summed E-state index contributed by atoms with van der Waals surface area (Å²) in [6, 6.07) is 12.4. The minimum absolute atomic E-state index is 0.0991. The first kappa shape index (κ1) is 23.3. The lowest BCUT2D eigenvalue weighted by Gasteiger charge is -2.25. The van der Waals surface area contributed by atoms with Gasteiger partial charge in [-0.05, 0) is 86.6 Å². The Labute approximate surface area is 205 Å². The van der Waals surface area contributed by atoms with Crippen LogP contribution in [0.4, 0.5) is 11.4 Å². The van der Waals surface area contributed by atoms with Gasteiger partial charge in [0.1, 0.15) is 5.75 Å². The number of nitrogens with zero attached hydrogens (tertiary/aromatic N) is 2. The van der Waals surface area contributed by atoms with E-state index in [0.717, 1.165) is 36.1 Å². The Balaban J connectivity index is 1.25. The fraction of sp³-hybridized carbons (Fsp3) is 0.429. The first-order chi connectivity index (χ1) is 16.7. The van der Waals surface area contributed by atoms with Crippen LogP contribution in [0.2, 0.25) is 0 Å². The topological polar surface area (TPSA) is 84.0 Å². The Kier molecular flexibility index (Phi) is 5.95. The molecule has 3 amide bonds. The van der Waals surface area contributed by atoms with Crippen LogP contribution in [-0.4, -0.2) is 30.2 Å². The Morgan fingerprint density at radius 1 is 0.886 bits per heavy atom. The first-order valence-electron chi connectivity index (χ1n) is 12.3. The highest BCUT2D eigenvalue weighted by Gasteiger charge is 2.50. The Bertz CT molecular complexity index is 1180. The van der Waals surface area contributed by atoms with Gasteiger partial charge in [0.25, 0.3) is 0 Å². The monoisotopic (exact) mass is 474 g/mol. The van der Waals surface area contributed by atoms with E-state index in [4.69, 9.17) is 4.74 Å². The van der Waals surface area contributed by atoms with E-state index in [1.165, 1.54) is 4.90 Å². The molecular weight excluding hydrogens is 444 g/mol. The number of ether oxygens (including phenoxy) is 1. The summed E-state index contributed by atoms with van der Waals surface area (Å²) in [4.78, 5) is 54.2. The number of aryl methyl sites for hydroxylation is 2. The van der Waals surface area contributed by atoms with E-state index in [9.17, 15) is 19.2 Å². The molecule has 35 heavy (non-hydrogen) atoms. The van der Waals surface area contributed by atoms with E-state index in [1.807, 2.05) is 32.0 Å². The normalized spacial score (nSPS) is 26.3. The molecule has 5 rings (SSSR count). The number of imide groups is 1. The van der Waals surface area contributed by atoms with Crippen molar-refractivity contribution >= 4 is 35.1 Å². The van der Waals surface area contributed by atoms with Crippen LogP contribution >= 0.6 is 0 Å². The van der Waals surface area contributed by atoms with Gasteiger partial charge in [0, 0.05) is 18.7 Å². The van der Waals surface area contributed by atoms with Gasteiger partial charge in [-0.2, -0.15) is 0 Å². The van der Waals surface area contributed by atoms with Crippen molar-refractivity contribution in [3.05, 3.63) is 53.6 Å². The molecule has 2 aromatic carbocycles. The molecule has 1 saturated carbocycles. The zero-order valence-electron chi connectivity index (χ0n) is 20.3. The second-order valence-electron chi connectivity index (χ2n) is 10.3. The summed E-state index contributed by atoms with van der Waals surface area (Å²) in [6.07, 6.45) is 2.57. The number of hydrogen-bond donors (Lipinski definition) is 0. The molecule has 0 bridgehead atoms. The summed E-state index contributed by atoms with van der Waals surface area (Å²) in [5, 5.41) is 0. The van der Waals surface area contributed by atoms with E-state index in [1.54, 1.807) is 29.2 Å². The molecule has 182 valence electrons. The summed E-state index contributed by atoms with van der Waals surface area (Å²) in [5.41, 5.74) is 3.41. The number of benzene rings is 2. The molecule has 0 unspecified atom stereocenters. The molecule has 3 fully saturated rings. The Morgan fingerprint density at radius 3 is 2.23 bits per heavy atom. The highest BCUT2D eigenvalue weighted by Crippen LogP contribution is 2.42. The van der Waals surface area contributed by atoms with Crippen molar-refractivity contribution in [3.8, 4) is 5.75 Å². The van der Waals surface area contributed by atoms with Crippen molar-refractivity contribution in [1.29, 1.82) is 0 Å². The number of amides is 3. The lowest BCUT2D eigenvalue weighted by molar-refractivity contribution is -0.139. The van der Waals surface area contributed by atoms with Crippen LogP contribution in [0, 0.1) is 37.5 Å². The predicted molar refractivity (Wildman–Crippen MR) is 131 cm³/mol. The molecule has 2 aliphatic heterocycles. The summed E-state index contributed by atoms with van der Waals surface area (Å²) in [5.74, 6) is -1.08. The maximum absolute atomic E-state index is 12.9. The highest BCUT2D eigenvalue weighted by molar-refractivity contribution is 6.22. The molecule has 7 heteroatoms. The van der Waals surface area contributed by atoms with Crippen molar-refractivity contribution in [1.82, 2.24) is 0 Å². The highest BCUT2D eigenvalue weighted by atomic mass is 16.5. The first-order valence-corrected chi connectivity index (χ1v) is 12.3. The molecule has 0 N–H and O–H groups in total. The lowest BCUT2D eigenvalue weighted by atomic mass is 9.76. The summed E-state index contributed by atoms with van der Waals surface area (Å²) < 4.78 is 5.55. The molecule has 4 atom stereocenters. The van der Waals surface area contributed by atoms with Crippen molar-refractivity contribution < 1.29 is 23.9 Å². The van der Waals surface area contributed by atoms with Gasteiger partial charge in [0.05, 0.1) is 23.4 Å². The molecule has 2 saturated heterocycles. The van der Waals surface area contributed by atoms with E-state index in [2.05, 4.69) is 6.92 Å². The van der Waals surface area contributed by atoms with Crippen LogP contribution in [-0.2, 0) is 19.2 Å². The van der Waals surface area contributed by atoms with Gasteiger partial charge in [-0.25, -0.2) is 0 Å². The number of carbonyl (C=O) groups excluding carboxylic acids is 4. The number of carbonyl (C=O) groups is 4. The SMILES string of the molecule is Cc1cc(C)cc(N2C[C@@H](C(=O)Oc3ccc(N4C(=O)[C@H]5CC[C@H](C)C[C@@H]5C4=O)cc3)CC2=O)c1. The molecule has 7 nitrogen and oxygen atoms in total. The zero-order chi connectivity index (χ0) is 24.9. The van der Waals surface area contributed by atoms with Crippen molar-refractivity contribution in [2.75, 3.05) is 16.3 Å². The zero-order valence-corrected chi connectivity index (χ0v) is 20.3. The largest absolute Gasteiger partial charge is 0.426 e. The molecule has 0 radical (unpaired) electrons. The maximum Gasteiger partial charge on any atom is 0.316 e. The predicted octanol–water partition coefficient (Wildman–Crippen LogP) is 4.19. The number of rotatable bonds is 4. The van der Waals surface area contributed by atoms with E-state index in [-0.39, 0.29) is 42.5 Å². The molecule has 0 aromatic heterocycles. The Morgan fingerprint density at radius 2 is 1.54 bits per heavy atom. The Hall–Kier alpha value is -3.48. The second-order valence-corrected chi connectivity index (χ2v) is 10.3. The van der Waals surface area contributed by atoms with Gasteiger partial charge in [-0.15, -0.1) is 0 Å². The van der Waals surface area contributed by atoms with Crippen molar-refractivity contribution in [3.63, 3.8) is 0 Å². The second kappa shape index (κ2) is 8.95. The minimum atomic E-state index is -0.560. The van der Waals surface area contributed by atoms with Crippen LogP contribution in [0.15, 0.2) is 42.5 Å². The average Bonchev–Trinajstić information content (AvgIpc) is 3.31. The number of hydrogen-bond acceptors (Lipinski definition) is 5. The van der Waals surface area contributed by atoms with Crippen molar-refractivity contribution in [2.24, 2.45) is 23.7 Å². The van der Waals surface area contributed by atoms with E-state index < -0.39 is 11.9 Å². The van der Waals surface area contributed by atoms with Crippen LogP contribution in [0.5, 0.6) is 5.75 Å². The van der Waals surface area contributed by atoms with E-state index >= 15 is 0 Å². The van der Waals surface area contributed by atoms with Gasteiger partial charge >= 0.3 is 5.97 Å². The number of anilines is 2. The van der Waals surface area contributed by atoms with Gasteiger partial charge < -0.3 is 9.64 Å². The van der Waals surface area contributed by atoms with Crippen LogP contribution in [0.3, 0.4) is 0 Å². The lowest BCUT2D eigenvalue weighted by Crippen LogP contribution is -2.30. The number of fused-ring (bicyclic) bond motifs is 1. The minimum Gasteiger partial charge on any atom is -0.426 e. The molecule has 0 spiro atoms. The maximum atomic E-state index is 12.9. The molecular formula is C28H30N2O5. The van der Waals surface area contributed by atoms with Crippen LogP contribution in [0.1, 0.15) is 43.7 Å². The number of esters is 1. The average molecular weight is 475 g/mol. The van der Waals surface area contributed by atoms with Gasteiger partial charge in [-0.3, -0.25) is 24.1 Å². The summed E-state index contributed by atoms with van der Waals surface area (Å²) in [7, 11) is 0. The quantitative estimate of drug-likeness (QED) is 0.377. The fourth-order valence-electron chi connectivity index (χ4n) is 5.73. The third-order valence-electron chi connectivity index (χ3n) is 7.48. The van der Waals surface area contributed by atoms with Crippen LogP contribution in [0.25, 0.3) is 0 Å². The van der Waals surface area contributed by atoms with Gasteiger partial charge in [-0.1, -0.05) is 13.0 Å². The molecule has 1 aliphatic carbocycles. The van der Waals surface area contributed by atoms with Gasteiger partial charge in [0.2, 0.25) is 17.7 Å². The van der Waals surface area contributed by atoms with Crippen LogP contribution < -0.4 is 14.5 Å². The van der Waals surface area contributed by atoms with Crippen molar-refractivity contribution in [2.45, 2.75) is 46.5 Å². The third-order valence-corrected chi connectivity index (χ3v) is 7.48. The fourth-order valence-corrected chi connectivity index (χ4v) is 5.73.